The fourth-order valence-corrected chi connectivity index (χ4v) is 3.21. The van der Waals surface area contributed by atoms with Crippen molar-refractivity contribution in [3.05, 3.63) is 47.5 Å². The molecule has 1 aromatic heterocycles. The van der Waals surface area contributed by atoms with Gasteiger partial charge in [0.05, 0.1) is 0 Å². The van der Waals surface area contributed by atoms with E-state index in [0.29, 0.717) is 43.8 Å². The Labute approximate surface area is 151 Å². The van der Waals surface area contributed by atoms with E-state index in [1.807, 2.05) is 0 Å². The number of nitrogens with zero attached hydrogens (tertiary/aromatic N) is 2. The summed E-state index contributed by atoms with van der Waals surface area (Å²) in [6.07, 6.45) is 3.18. The zero-order valence-corrected chi connectivity index (χ0v) is 14.7. The quantitative estimate of drug-likeness (QED) is 0.860. The van der Waals surface area contributed by atoms with Crippen LogP contribution < -0.4 is 5.32 Å². The fourth-order valence-electron chi connectivity index (χ4n) is 3.21. The molecule has 3 rings (SSSR count). The molecule has 26 heavy (non-hydrogen) atoms. The maximum Gasteiger partial charge on any atom is 0.248 e. The summed E-state index contributed by atoms with van der Waals surface area (Å²) < 4.78 is 17.8. The first kappa shape index (κ1) is 18.1. The first-order valence-corrected chi connectivity index (χ1v) is 8.81. The molecule has 1 aliphatic heterocycles. The van der Waals surface area contributed by atoms with Gasteiger partial charge in [0.1, 0.15) is 17.6 Å². The molecule has 1 N–H and O–H groups in total. The Hall–Kier alpha value is -2.70. The molecule has 2 amide bonds. The summed E-state index contributed by atoms with van der Waals surface area (Å²) in [5, 5.41) is 6.45. The van der Waals surface area contributed by atoms with Gasteiger partial charge >= 0.3 is 0 Å². The SMILES string of the molecule is Cc1cc(NC(=O)[C@@H]2CCCN2C(=O)CCCc2ccc(F)cc2)no1. The molecular weight excluding hydrogens is 337 g/mol. The first-order chi connectivity index (χ1) is 12.5. The van der Waals surface area contributed by atoms with Gasteiger partial charge < -0.3 is 14.7 Å². The second-order valence-electron chi connectivity index (χ2n) is 6.54. The van der Waals surface area contributed by atoms with Crippen molar-refractivity contribution in [1.82, 2.24) is 10.1 Å². The summed E-state index contributed by atoms with van der Waals surface area (Å²) in [6, 6.07) is 7.47. The van der Waals surface area contributed by atoms with Crippen LogP contribution >= 0.6 is 0 Å². The van der Waals surface area contributed by atoms with Crippen molar-refractivity contribution >= 4 is 17.6 Å². The molecule has 1 saturated heterocycles. The lowest BCUT2D eigenvalue weighted by atomic mass is 10.1. The van der Waals surface area contributed by atoms with E-state index in [0.717, 1.165) is 12.0 Å². The van der Waals surface area contributed by atoms with Gasteiger partial charge in [-0.2, -0.15) is 0 Å². The molecule has 138 valence electrons. The van der Waals surface area contributed by atoms with Crippen LogP contribution in [0.2, 0.25) is 0 Å². The Morgan fingerprint density at radius 3 is 2.81 bits per heavy atom. The maximum atomic E-state index is 12.9. The Balaban J connectivity index is 1.50. The normalized spacial score (nSPS) is 16.7. The molecule has 6 nitrogen and oxygen atoms in total. The number of hydrogen-bond donors (Lipinski definition) is 1. The van der Waals surface area contributed by atoms with Crippen LogP contribution in [0, 0.1) is 12.7 Å². The zero-order chi connectivity index (χ0) is 18.5. The third kappa shape index (κ3) is 4.47. The highest BCUT2D eigenvalue weighted by atomic mass is 19.1. The van der Waals surface area contributed by atoms with E-state index in [4.69, 9.17) is 4.52 Å². The highest BCUT2D eigenvalue weighted by Gasteiger charge is 2.34. The number of anilines is 1. The summed E-state index contributed by atoms with van der Waals surface area (Å²) >= 11 is 0. The molecule has 0 saturated carbocycles. The minimum Gasteiger partial charge on any atom is -0.360 e. The molecule has 2 aromatic rings. The Kier molecular flexibility index (Phi) is 5.65. The van der Waals surface area contributed by atoms with Crippen molar-refractivity contribution in [1.29, 1.82) is 0 Å². The smallest absolute Gasteiger partial charge is 0.248 e. The molecule has 0 radical (unpaired) electrons. The van der Waals surface area contributed by atoms with Crippen LogP contribution in [0.4, 0.5) is 10.2 Å². The van der Waals surface area contributed by atoms with Crippen LogP contribution in [-0.2, 0) is 16.0 Å². The summed E-state index contributed by atoms with van der Waals surface area (Å²) in [4.78, 5) is 26.6. The number of aryl methyl sites for hydroxylation is 2. The Morgan fingerprint density at radius 2 is 2.12 bits per heavy atom. The van der Waals surface area contributed by atoms with E-state index in [1.165, 1.54) is 12.1 Å². The number of carbonyl (C=O) groups is 2. The molecule has 0 unspecified atom stereocenters. The lowest BCUT2D eigenvalue weighted by Gasteiger charge is -2.23. The zero-order valence-electron chi connectivity index (χ0n) is 14.7. The van der Waals surface area contributed by atoms with Crippen molar-refractivity contribution in [3.63, 3.8) is 0 Å². The number of halogens is 1. The van der Waals surface area contributed by atoms with Gasteiger partial charge in [0, 0.05) is 19.0 Å². The lowest BCUT2D eigenvalue weighted by Crippen LogP contribution is -2.43. The van der Waals surface area contributed by atoms with Crippen LogP contribution in [0.5, 0.6) is 0 Å². The van der Waals surface area contributed by atoms with Gasteiger partial charge in [-0.05, 0) is 50.3 Å². The molecule has 7 heteroatoms. The molecule has 0 aliphatic carbocycles. The predicted molar refractivity (Wildman–Crippen MR) is 93.9 cm³/mol. The molecular formula is C19H22FN3O3. The standard InChI is InChI=1S/C19H22FN3O3/c1-13-12-17(22-26-13)21-19(25)16-5-3-11-23(16)18(24)6-2-4-14-7-9-15(20)10-8-14/h7-10,12,16H,2-6,11H2,1H3,(H,21,22,25)/t16-/m0/s1. The minimum atomic E-state index is -0.467. The summed E-state index contributed by atoms with van der Waals surface area (Å²) in [5.74, 6) is 0.449. The van der Waals surface area contributed by atoms with E-state index < -0.39 is 6.04 Å². The minimum absolute atomic E-state index is 0.0268. The monoisotopic (exact) mass is 359 g/mol. The largest absolute Gasteiger partial charge is 0.360 e. The molecule has 1 atom stereocenters. The van der Waals surface area contributed by atoms with E-state index in [-0.39, 0.29) is 17.6 Å². The van der Waals surface area contributed by atoms with Crippen molar-refractivity contribution in [2.45, 2.75) is 45.1 Å². The fraction of sp³-hybridized carbons (Fsp3) is 0.421. The number of aromatic nitrogens is 1. The van der Waals surface area contributed by atoms with Crippen molar-refractivity contribution in [2.24, 2.45) is 0 Å². The molecule has 1 aliphatic rings. The Bertz CT molecular complexity index is 773. The van der Waals surface area contributed by atoms with Crippen LogP contribution in [0.3, 0.4) is 0 Å². The first-order valence-electron chi connectivity index (χ1n) is 8.81. The maximum absolute atomic E-state index is 12.9. The second-order valence-corrected chi connectivity index (χ2v) is 6.54. The average Bonchev–Trinajstić information content (AvgIpc) is 3.25. The highest BCUT2D eigenvalue weighted by molar-refractivity contribution is 5.96. The van der Waals surface area contributed by atoms with E-state index in [9.17, 15) is 14.0 Å². The summed E-state index contributed by atoms with van der Waals surface area (Å²) in [7, 11) is 0. The van der Waals surface area contributed by atoms with Crippen LogP contribution in [-0.4, -0.2) is 34.5 Å². The number of rotatable bonds is 6. The average molecular weight is 359 g/mol. The molecule has 0 bridgehead atoms. The summed E-state index contributed by atoms with van der Waals surface area (Å²) in [5.41, 5.74) is 0.997. The summed E-state index contributed by atoms with van der Waals surface area (Å²) in [6.45, 7) is 2.33. The molecule has 2 heterocycles. The number of likely N-dealkylation sites (tertiary alicyclic amines) is 1. The van der Waals surface area contributed by atoms with Gasteiger partial charge in [-0.1, -0.05) is 17.3 Å². The van der Waals surface area contributed by atoms with Gasteiger partial charge in [0.25, 0.3) is 0 Å². The van der Waals surface area contributed by atoms with Crippen LogP contribution in [0.15, 0.2) is 34.9 Å². The predicted octanol–water partition coefficient (Wildman–Crippen LogP) is 3.07. The number of hydrogen-bond acceptors (Lipinski definition) is 4. The number of amides is 2. The topological polar surface area (TPSA) is 75.4 Å². The van der Waals surface area contributed by atoms with Crippen molar-refractivity contribution in [2.75, 3.05) is 11.9 Å². The number of carbonyl (C=O) groups excluding carboxylic acids is 2. The lowest BCUT2D eigenvalue weighted by molar-refractivity contribution is -0.136. The highest BCUT2D eigenvalue weighted by Crippen LogP contribution is 2.21. The van der Waals surface area contributed by atoms with Crippen molar-refractivity contribution < 1.29 is 18.5 Å². The van der Waals surface area contributed by atoms with Gasteiger partial charge in [0.2, 0.25) is 11.8 Å². The molecule has 0 spiro atoms. The van der Waals surface area contributed by atoms with Crippen LogP contribution in [0.25, 0.3) is 0 Å². The third-order valence-corrected chi connectivity index (χ3v) is 4.52. The van der Waals surface area contributed by atoms with Gasteiger partial charge in [-0.25, -0.2) is 4.39 Å². The van der Waals surface area contributed by atoms with Gasteiger partial charge in [-0.3, -0.25) is 9.59 Å². The third-order valence-electron chi connectivity index (χ3n) is 4.52. The van der Waals surface area contributed by atoms with Crippen molar-refractivity contribution in [3.8, 4) is 0 Å². The number of benzene rings is 1. The Morgan fingerprint density at radius 1 is 1.35 bits per heavy atom. The van der Waals surface area contributed by atoms with E-state index in [2.05, 4.69) is 10.5 Å². The molecule has 1 aromatic carbocycles. The number of nitrogens with one attached hydrogen (secondary N) is 1. The second kappa shape index (κ2) is 8.12. The van der Waals surface area contributed by atoms with Crippen LogP contribution in [0.1, 0.15) is 37.0 Å². The van der Waals surface area contributed by atoms with E-state index >= 15 is 0 Å². The van der Waals surface area contributed by atoms with E-state index in [1.54, 1.807) is 30.0 Å². The molecule has 1 fully saturated rings. The van der Waals surface area contributed by atoms with Gasteiger partial charge in [-0.15, -0.1) is 0 Å². The van der Waals surface area contributed by atoms with Gasteiger partial charge in [0.15, 0.2) is 5.82 Å².